The molecule has 24 heavy (non-hydrogen) atoms. The number of alkyl halides is 6. The van der Waals surface area contributed by atoms with Gasteiger partial charge in [-0.3, -0.25) is 4.79 Å². The highest BCUT2D eigenvalue weighted by molar-refractivity contribution is 6.03. The molecule has 1 aliphatic rings. The van der Waals surface area contributed by atoms with Crippen LogP contribution < -0.4 is 15.5 Å². The average Bonchev–Trinajstić information content (AvgIpc) is 2.46. The Balaban J connectivity index is 2.38. The molecule has 5 nitrogen and oxygen atoms in total. The molecule has 0 aromatic heterocycles. The van der Waals surface area contributed by atoms with Gasteiger partial charge >= 0.3 is 12.4 Å². The van der Waals surface area contributed by atoms with Crippen LogP contribution in [0.2, 0.25) is 0 Å². The molecule has 0 fully saturated rings. The summed E-state index contributed by atoms with van der Waals surface area (Å²) in [4.78, 5) is 10.9. The number of rotatable bonds is 3. The van der Waals surface area contributed by atoms with Crippen molar-refractivity contribution in [2.24, 2.45) is 5.10 Å². The quantitative estimate of drug-likeness (QED) is 0.819. The Labute approximate surface area is 131 Å². The molecule has 0 unspecified atom stereocenters. The van der Waals surface area contributed by atoms with Gasteiger partial charge < -0.3 is 10.1 Å². The van der Waals surface area contributed by atoms with Crippen molar-refractivity contribution in [1.82, 2.24) is 10.7 Å². The van der Waals surface area contributed by atoms with E-state index < -0.39 is 35.7 Å². The first-order valence-electron chi connectivity index (χ1n) is 6.54. The molecule has 1 aliphatic heterocycles. The van der Waals surface area contributed by atoms with Crippen LogP contribution in [-0.2, 0) is 11.0 Å². The van der Waals surface area contributed by atoms with E-state index >= 15 is 0 Å². The van der Waals surface area contributed by atoms with Crippen molar-refractivity contribution in [2.75, 3.05) is 6.54 Å². The number of hydrogen-bond acceptors (Lipinski definition) is 4. The van der Waals surface area contributed by atoms with Gasteiger partial charge in [-0.25, -0.2) is 5.43 Å². The summed E-state index contributed by atoms with van der Waals surface area (Å²) in [6.07, 6.45) is -12.1. The number of carbonyl (C=O) groups excluding carboxylic acids is 1. The lowest BCUT2D eigenvalue weighted by molar-refractivity contribution is -0.191. The number of nitrogens with one attached hydrogen (secondary N) is 2. The predicted octanol–water partition coefficient (Wildman–Crippen LogP) is 2.42. The Hall–Kier alpha value is -2.46. The maximum absolute atomic E-state index is 13.1. The molecule has 0 saturated heterocycles. The number of halogens is 6. The summed E-state index contributed by atoms with van der Waals surface area (Å²) >= 11 is 0. The van der Waals surface area contributed by atoms with Crippen LogP contribution in [0, 0.1) is 0 Å². The second kappa shape index (κ2) is 6.21. The molecule has 0 aliphatic carbocycles. The van der Waals surface area contributed by atoms with Crippen LogP contribution in [0.25, 0.3) is 0 Å². The third-order valence-corrected chi connectivity index (χ3v) is 3.03. The van der Waals surface area contributed by atoms with Crippen LogP contribution in [0.5, 0.6) is 5.75 Å². The van der Waals surface area contributed by atoms with Crippen molar-refractivity contribution < 1.29 is 35.9 Å². The van der Waals surface area contributed by atoms with Gasteiger partial charge in [-0.15, -0.1) is 0 Å². The SMILES string of the molecule is C[C@H](Oc1ccc(C2=NNC(=O)CN2)cc1C(F)(F)F)C(F)(F)F. The zero-order chi connectivity index (χ0) is 18.1. The first-order chi connectivity index (χ1) is 11.0. The third kappa shape index (κ3) is 4.09. The zero-order valence-corrected chi connectivity index (χ0v) is 12.0. The molecular weight excluding hydrogens is 344 g/mol. The summed E-state index contributed by atoms with van der Waals surface area (Å²) in [7, 11) is 0. The lowest BCUT2D eigenvalue weighted by Gasteiger charge is -2.22. The van der Waals surface area contributed by atoms with E-state index in [1.807, 2.05) is 0 Å². The maximum atomic E-state index is 13.1. The van der Waals surface area contributed by atoms with Crippen LogP contribution in [0.4, 0.5) is 26.3 Å². The summed E-state index contributed by atoms with van der Waals surface area (Å²) in [6, 6.07) is 2.49. The summed E-state index contributed by atoms with van der Waals surface area (Å²) in [5.74, 6) is -1.47. The van der Waals surface area contributed by atoms with E-state index in [9.17, 15) is 31.1 Å². The molecule has 0 spiro atoms. The van der Waals surface area contributed by atoms with Crippen LogP contribution in [-0.4, -0.2) is 30.6 Å². The average molecular weight is 355 g/mol. The van der Waals surface area contributed by atoms with E-state index in [2.05, 4.69) is 20.6 Å². The summed E-state index contributed by atoms with van der Waals surface area (Å²) in [6.45, 7) is 0.417. The molecule has 11 heteroatoms. The van der Waals surface area contributed by atoms with Crippen LogP contribution in [0.1, 0.15) is 18.1 Å². The van der Waals surface area contributed by atoms with Crippen molar-refractivity contribution in [1.29, 1.82) is 0 Å². The smallest absolute Gasteiger partial charge is 0.425 e. The maximum Gasteiger partial charge on any atom is 0.425 e. The van der Waals surface area contributed by atoms with Gasteiger partial charge in [0.1, 0.15) is 5.75 Å². The van der Waals surface area contributed by atoms with Crippen LogP contribution in [0.3, 0.4) is 0 Å². The molecule has 0 saturated carbocycles. The second-order valence-corrected chi connectivity index (χ2v) is 4.86. The molecule has 1 aromatic rings. The number of hydrazone groups is 1. The minimum atomic E-state index is -4.94. The molecule has 2 rings (SSSR count). The van der Waals surface area contributed by atoms with Gasteiger partial charge in [0, 0.05) is 5.56 Å². The normalized spacial score (nSPS) is 16.8. The van der Waals surface area contributed by atoms with E-state index in [0.717, 1.165) is 12.1 Å². The number of amidine groups is 1. The number of amides is 1. The Morgan fingerprint density at radius 3 is 2.38 bits per heavy atom. The first-order valence-corrected chi connectivity index (χ1v) is 6.54. The fourth-order valence-electron chi connectivity index (χ4n) is 1.79. The Morgan fingerprint density at radius 1 is 1.21 bits per heavy atom. The minimum absolute atomic E-state index is 0.0458. The van der Waals surface area contributed by atoms with Gasteiger partial charge in [0.05, 0.1) is 12.1 Å². The van der Waals surface area contributed by atoms with Crippen LogP contribution >= 0.6 is 0 Å². The fraction of sp³-hybridized carbons (Fsp3) is 0.385. The van der Waals surface area contributed by atoms with Gasteiger partial charge in [0.15, 0.2) is 11.9 Å². The molecule has 1 heterocycles. The molecule has 132 valence electrons. The van der Waals surface area contributed by atoms with Gasteiger partial charge in [0.25, 0.3) is 5.91 Å². The second-order valence-electron chi connectivity index (χ2n) is 4.86. The van der Waals surface area contributed by atoms with E-state index in [1.165, 1.54) is 0 Å². The van der Waals surface area contributed by atoms with Crippen molar-refractivity contribution in [3.63, 3.8) is 0 Å². The van der Waals surface area contributed by atoms with E-state index in [-0.39, 0.29) is 17.9 Å². The fourth-order valence-corrected chi connectivity index (χ4v) is 1.79. The van der Waals surface area contributed by atoms with E-state index in [4.69, 9.17) is 0 Å². The molecule has 0 bridgehead atoms. The van der Waals surface area contributed by atoms with Crippen LogP contribution in [0.15, 0.2) is 23.3 Å². The number of ether oxygens (including phenoxy) is 1. The molecule has 1 aromatic carbocycles. The standard InChI is InChI=1S/C13H11F6N3O2/c1-6(12(14,15)16)24-9-3-2-7(4-8(9)13(17,18)19)11-20-5-10(23)21-22-11/h2-4,6H,5H2,1H3,(H,20,22)(H,21,23)/t6-/m0/s1. The molecule has 0 radical (unpaired) electrons. The van der Waals surface area contributed by atoms with Crippen molar-refractivity contribution in [3.05, 3.63) is 29.3 Å². The molecule has 1 atom stereocenters. The highest BCUT2D eigenvalue weighted by Gasteiger charge is 2.41. The van der Waals surface area contributed by atoms with Gasteiger partial charge in [0.2, 0.25) is 0 Å². The van der Waals surface area contributed by atoms with Gasteiger partial charge in [-0.1, -0.05) is 0 Å². The van der Waals surface area contributed by atoms with E-state index in [1.54, 1.807) is 0 Å². The first kappa shape index (κ1) is 17.9. The highest BCUT2D eigenvalue weighted by Crippen LogP contribution is 2.38. The van der Waals surface area contributed by atoms with Crippen molar-refractivity contribution in [3.8, 4) is 5.75 Å². The topological polar surface area (TPSA) is 62.7 Å². The van der Waals surface area contributed by atoms with Crippen molar-refractivity contribution in [2.45, 2.75) is 25.4 Å². The largest absolute Gasteiger partial charge is 0.481 e. The molecule has 1 amide bonds. The minimum Gasteiger partial charge on any atom is -0.481 e. The zero-order valence-electron chi connectivity index (χ0n) is 12.0. The van der Waals surface area contributed by atoms with Crippen molar-refractivity contribution >= 4 is 11.7 Å². The Bertz CT molecular complexity index is 669. The summed E-state index contributed by atoms with van der Waals surface area (Å²) < 4.78 is 81.2. The third-order valence-electron chi connectivity index (χ3n) is 3.03. The monoisotopic (exact) mass is 355 g/mol. The number of carbonyl (C=O) groups is 1. The summed E-state index contributed by atoms with van der Waals surface area (Å²) in [5.41, 5.74) is 0.643. The summed E-state index contributed by atoms with van der Waals surface area (Å²) in [5, 5.41) is 6.05. The van der Waals surface area contributed by atoms with Gasteiger partial charge in [-0.2, -0.15) is 31.4 Å². The number of benzene rings is 1. The molecular formula is C13H11F6N3O2. The Morgan fingerprint density at radius 2 is 1.88 bits per heavy atom. The predicted molar refractivity (Wildman–Crippen MR) is 70.3 cm³/mol. The number of hydrogen-bond donors (Lipinski definition) is 2. The van der Waals surface area contributed by atoms with E-state index in [0.29, 0.717) is 13.0 Å². The highest BCUT2D eigenvalue weighted by atomic mass is 19.4. The van der Waals surface area contributed by atoms with Gasteiger partial charge in [-0.05, 0) is 25.1 Å². The Kier molecular flexibility index (Phi) is 4.63. The lowest BCUT2D eigenvalue weighted by atomic mass is 10.1. The number of nitrogens with zero attached hydrogens (tertiary/aromatic N) is 1. The lowest BCUT2D eigenvalue weighted by Crippen LogP contribution is -2.42. The molecule has 2 N–H and O–H groups in total.